The highest BCUT2D eigenvalue weighted by molar-refractivity contribution is 9.10. The van der Waals surface area contributed by atoms with Crippen molar-refractivity contribution >= 4 is 68.4 Å². The van der Waals surface area contributed by atoms with Gasteiger partial charge in [-0.05, 0) is 64.6 Å². The molecule has 0 unspecified atom stereocenters. The third-order valence-electron chi connectivity index (χ3n) is 3.99. The van der Waals surface area contributed by atoms with Gasteiger partial charge >= 0.3 is 0 Å². The number of anilines is 1. The van der Waals surface area contributed by atoms with Gasteiger partial charge in [-0.1, -0.05) is 11.6 Å². The quantitative estimate of drug-likeness (QED) is 0.407. The lowest BCUT2D eigenvalue weighted by atomic mass is 10.1. The molecule has 9 heteroatoms. The van der Waals surface area contributed by atoms with Crippen molar-refractivity contribution in [1.82, 2.24) is 5.32 Å². The first-order valence-corrected chi connectivity index (χ1v) is 9.52. The van der Waals surface area contributed by atoms with Crippen molar-refractivity contribution in [1.29, 1.82) is 0 Å². The third kappa shape index (κ3) is 3.89. The van der Waals surface area contributed by atoms with E-state index in [1.807, 2.05) is 0 Å². The standard InChI is InChI=1S/C19H14BrClN2O4S/c1-26-15-9-16(27-2)14(20)8-10(15)7-13-17(24)22-19(28)23(18(13)25)12-5-3-11(21)4-6-12/h3-9H,1-2H3,(H,22,24,28)/b13-7+. The SMILES string of the molecule is COc1cc(OC)c(/C=C2\C(=O)NC(=S)N(c3ccc(Cl)cc3)C2=O)cc1Br. The molecule has 0 saturated carbocycles. The van der Waals surface area contributed by atoms with Crippen molar-refractivity contribution in [2.24, 2.45) is 0 Å². The Morgan fingerprint density at radius 2 is 1.75 bits per heavy atom. The number of thiocarbonyl (C=S) groups is 1. The molecule has 2 amide bonds. The second-order valence-electron chi connectivity index (χ2n) is 5.66. The summed E-state index contributed by atoms with van der Waals surface area (Å²) in [6.45, 7) is 0. The van der Waals surface area contributed by atoms with Crippen LogP contribution in [-0.2, 0) is 9.59 Å². The van der Waals surface area contributed by atoms with Gasteiger partial charge < -0.3 is 9.47 Å². The first kappa shape index (κ1) is 20.3. The summed E-state index contributed by atoms with van der Waals surface area (Å²) < 4.78 is 11.3. The number of methoxy groups -OCH3 is 2. The molecule has 2 aromatic carbocycles. The molecule has 1 fully saturated rings. The summed E-state index contributed by atoms with van der Waals surface area (Å²) in [5.74, 6) is -0.138. The Morgan fingerprint density at radius 1 is 1.11 bits per heavy atom. The number of carbonyl (C=O) groups excluding carboxylic acids is 2. The number of halogens is 2. The van der Waals surface area contributed by atoms with Crippen molar-refractivity contribution in [3.8, 4) is 11.5 Å². The molecule has 144 valence electrons. The van der Waals surface area contributed by atoms with E-state index in [9.17, 15) is 9.59 Å². The number of ether oxygens (including phenoxy) is 2. The normalized spacial score (nSPS) is 15.6. The summed E-state index contributed by atoms with van der Waals surface area (Å²) in [6, 6.07) is 9.92. The topological polar surface area (TPSA) is 67.9 Å². The Kier molecular flexibility index (Phi) is 6.02. The molecule has 0 atom stereocenters. The predicted octanol–water partition coefficient (Wildman–Crippen LogP) is 3.95. The summed E-state index contributed by atoms with van der Waals surface area (Å²) in [6.07, 6.45) is 1.45. The van der Waals surface area contributed by atoms with Crippen LogP contribution >= 0.6 is 39.7 Å². The molecule has 1 aliphatic rings. The summed E-state index contributed by atoms with van der Waals surface area (Å²) in [5, 5.41) is 3.05. The maximum atomic E-state index is 13.0. The Morgan fingerprint density at radius 3 is 2.36 bits per heavy atom. The first-order valence-electron chi connectivity index (χ1n) is 7.94. The Balaban J connectivity index is 2.07. The molecule has 28 heavy (non-hydrogen) atoms. The Labute approximate surface area is 180 Å². The lowest BCUT2D eigenvalue weighted by Crippen LogP contribution is -2.54. The summed E-state index contributed by atoms with van der Waals surface area (Å²) in [7, 11) is 3.02. The van der Waals surface area contributed by atoms with E-state index in [1.54, 1.807) is 36.4 Å². The van der Waals surface area contributed by atoms with Crippen LogP contribution in [0.5, 0.6) is 11.5 Å². The molecule has 0 aromatic heterocycles. The second-order valence-corrected chi connectivity index (χ2v) is 7.34. The van der Waals surface area contributed by atoms with Crippen molar-refractivity contribution in [3.63, 3.8) is 0 Å². The van der Waals surface area contributed by atoms with E-state index in [0.29, 0.717) is 32.2 Å². The lowest BCUT2D eigenvalue weighted by molar-refractivity contribution is -0.122. The summed E-state index contributed by atoms with van der Waals surface area (Å²) in [5.41, 5.74) is 0.935. The molecule has 0 bridgehead atoms. The maximum Gasteiger partial charge on any atom is 0.270 e. The van der Waals surface area contributed by atoms with Gasteiger partial charge in [0.1, 0.15) is 17.1 Å². The van der Waals surface area contributed by atoms with Crippen LogP contribution in [0.15, 0.2) is 46.4 Å². The number of hydrogen-bond donors (Lipinski definition) is 1. The van der Waals surface area contributed by atoms with E-state index in [-0.39, 0.29) is 10.7 Å². The Hall–Kier alpha value is -2.42. The van der Waals surface area contributed by atoms with Crippen LogP contribution in [0.2, 0.25) is 5.02 Å². The summed E-state index contributed by atoms with van der Waals surface area (Å²) >= 11 is 14.5. The molecule has 2 aromatic rings. The zero-order valence-corrected chi connectivity index (χ0v) is 17.9. The molecule has 1 N–H and O–H groups in total. The number of carbonyl (C=O) groups is 2. The van der Waals surface area contributed by atoms with Gasteiger partial charge in [-0.2, -0.15) is 0 Å². The highest BCUT2D eigenvalue weighted by atomic mass is 79.9. The molecular formula is C19H14BrClN2O4S. The van der Waals surface area contributed by atoms with Crippen LogP contribution in [0.3, 0.4) is 0 Å². The van der Waals surface area contributed by atoms with Crippen LogP contribution in [0.4, 0.5) is 5.69 Å². The molecule has 0 aliphatic carbocycles. The number of nitrogens with one attached hydrogen (secondary N) is 1. The lowest BCUT2D eigenvalue weighted by Gasteiger charge is -2.29. The van der Waals surface area contributed by atoms with Gasteiger partial charge in [-0.3, -0.25) is 19.8 Å². The predicted molar refractivity (Wildman–Crippen MR) is 115 cm³/mol. The molecule has 3 rings (SSSR count). The average Bonchev–Trinajstić information content (AvgIpc) is 2.66. The van der Waals surface area contributed by atoms with Gasteiger partial charge in [0.05, 0.1) is 24.4 Å². The molecule has 6 nitrogen and oxygen atoms in total. The van der Waals surface area contributed by atoms with E-state index in [1.165, 1.54) is 25.2 Å². The fraction of sp³-hybridized carbons (Fsp3) is 0.105. The van der Waals surface area contributed by atoms with Gasteiger partial charge in [-0.15, -0.1) is 0 Å². The minimum absolute atomic E-state index is 0.00245. The van der Waals surface area contributed by atoms with Gasteiger partial charge in [-0.25, -0.2) is 0 Å². The van der Waals surface area contributed by atoms with E-state index >= 15 is 0 Å². The van der Waals surface area contributed by atoms with Crippen molar-refractivity contribution in [3.05, 3.63) is 57.0 Å². The molecule has 1 saturated heterocycles. The smallest absolute Gasteiger partial charge is 0.270 e. The molecule has 1 heterocycles. The summed E-state index contributed by atoms with van der Waals surface area (Å²) in [4.78, 5) is 26.7. The number of nitrogens with zero attached hydrogens (tertiary/aromatic N) is 1. The number of rotatable bonds is 4. The highest BCUT2D eigenvalue weighted by Crippen LogP contribution is 2.34. The first-order chi connectivity index (χ1) is 13.3. The van der Waals surface area contributed by atoms with Crippen molar-refractivity contribution in [2.45, 2.75) is 0 Å². The number of amides is 2. The van der Waals surface area contributed by atoms with E-state index in [4.69, 9.17) is 33.3 Å². The van der Waals surface area contributed by atoms with E-state index < -0.39 is 11.8 Å². The van der Waals surface area contributed by atoms with Crippen LogP contribution in [0, 0.1) is 0 Å². The fourth-order valence-corrected chi connectivity index (χ4v) is 3.56. The van der Waals surface area contributed by atoms with E-state index in [2.05, 4.69) is 21.2 Å². The second kappa shape index (κ2) is 8.30. The van der Waals surface area contributed by atoms with Crippen molar-refractivity contribution in [2.75, 3.05) is 19.1 Å². The zero-order chi connectivity index (χ0) is 20.4. The minimum Gasteiger partial charge on any atom is -0.496 e. The zero-order valence-electron chi connectivity index (χ0n) is 14.8. The third-order valence-corrected chi connectivity index (χ3v) is 5.15. The van der Waals surface area contributed by atoms with Gasteiger partial charge in [0, 0.05) is 16.7 Å². The van der Waals surface area contributed by atoms with Crippen molar-refractivity contribution < 1.29 is 19.1 Å². The fourth-order valence-electron chi connectivity index (χ4n) is 2.63. The molecule has 0 spiro atoms. The minimum atomic E-state index is -0.589. The molecule has 1 aliphatic heterocycles. The highest BCUT2D eigenvalue weighted by Gasteiger charge is 2.34. The number of hydrogen-bond acceptors (Lipinski definition) is 5. The van der Waals surface area contributed by atoms with Gasteiger partial charge in [0.25, 0.3) is 11.8 Å². The van der Waals surface area contributed by atoms with Gasteiger partial charge in [0.15, 0.2) is 5.11 Å². The average molecular weight is 482 g/mol. The monoisotopic (exact) mass is 480 g/mol. The van der Waals surface area contributed by atoms with Crippen LogP contribution < -0.4 is 19.7 Å². The van der Waals surface area contributed by atoms with Crippen LogP contribution in [0.25, 0.3) is 6.08 Å². The van der Waals surface area contributed by atoms with Crippen LogP contribution in [0.1, 0.15) is 5.56 Å². The number of benzene rings is 2. The largest absolute Gasteiger partial charge is 0.496 e. The van der Waals surface area contributed by atoms with Crippen LogP contribution in [-0.4, -0.2) is 31.1 Å². The molecule has 0 radical (unpaired) electrons. The van der Waals surface area contributed by atoms with E-state index in [0.717, 1.165) is 0 Å². The van der Waals surface area contributed by atoms with Gasteiger partial charge in [0.2, 0.25) is 0 Å². The maximum absolute atomic E-state index is 13.0. The molecular weight excluding hydrogens is 468 g/mol. The Bertz CT molecular complexity index is 1010.